The van der Waals surface area contributed by atoms with Crippen LogP contribution in [0.4, 0.5) is 0 Å². The number of rotatable bonds is 4. The molecule has 8 aromatic carbocycles. The minimum Gasteiger partial charge on any atom is -0.310 e. The molecule has 58 heavy (non-hydrogen) atoms. The molecule has 0 bridgehead atoms. The smallest absolute Gasteiger partial charge is 0.0548 e. The van der Waals surface area contributed by atoms with Crippen LogP contribution in [0.25, 0.3) is 92.6 Å². The average Bonchev–Trinajstić information content (AvgIpc) is 4.04. The number of para-hydroxylation sites is 2. The Labute approximate surface area is 343 Å². The first kappa shape index (κ1) is 32.5. The van der Waals surface area contributed by atoms with Gasteiger partial charge >= 0.3 is 0 Å². The number of fused-ring (bicyclic) bond motifs is 14. The largest absolute Gasteiger partial charge is 0.310 e. The first-order valence-corrected chi connectivity index (χ1v) is 21.7. The average molecular weight is 775 g/mol. The van der Waals surface area contributed by atoms with E-state index in [4.69, 9.17) is 0 Å². The van der Waals surface area contributed by atoms with Gasteiger partial charge in [0.05, 0.1) is 22.2 Å². The van der Waals surface area contributed by atoms with Gasteiger partial charge in [-0.1, -0.05) is 127 Å². The molecule has 0 amide bonds. The van der Waals surface area contributed by atoms with Gasteiger partial charge in [0.2, 0.25) is 0 Å². The Morgan fingerprint density at radius 1 is 0.414 bits per heavy atom. The molecule has 1 aliphatic heterocycles. The van der Waals surface area contributed by atoms with E-state index in [1.54, 1.807) is 0 Å². The molecular weight excluding hydrogens is 741 g/mol. The van der Waals surface area contributed by atoms with Crippen LogP contribution in [0, 0.1) is 0 Å². The lowest BCUT2D eigenvalue weighted by molar-refractivity contribution is 0.843. The number of hydrogen-bond acceptors (Lipinski definition) is 2. The van der Waals surface area contributed by atoms with Gasteiger partial charge in [0.15, 0.2) is 0 Å². The van der Waals surface area contributed by atoms with Crippen molar-refractivity contribution in [3.63, 3.8) is 0 Å². The second-order valence-corrected chi connectivity index (χ2v) is 17.9. The predicted molar refractivity (Wildman–Crippen MR) is 248 cm³/mol. The van der Waals surface area contributed by atoms with Crippen molar-refractivity contribution in [3.05, 3.63) is 205 Å². The molecular formula is C54H34N2S2. The molecule has 0 N–H and O–H groups in total. The first-order chi connectivity index (χ1) is 28.8. The van der Waals surface area contributed by atoms with E-state index in [0.717, 1.165) is 0 Å². The lowest BCUT2D eigenvalue weighted by atomic mass is 9.83. The summed E-state index contributed by atoms with van der Waals surface area (Å²) in [5.74, 6) is 0.369. The lowest BCUT2D eigenvalue weighted by Gasteiger charge is -2.23. The third-order valence-electron chi connectivity index (χ3n) is 12.5. The van der Waals surface area contributed by atoms with Gasteiger partial charge in [-0.2, -0.15) is 0 Å². The Morgan fingerprint density at radius 3 is 1.71 bits per heavy atom. The fourth-order valence-corrected chi connectivity index (χ4v) is 12.4. The van der Waals surface area contributed by atoms with Crippen LogP contribution in [0.5, 0.6) is 0 Å². The molecule has 2 atom stereocenters. The van der Waals surface area contributed by atoms with Gasteiger partial charge in [0, 0.05) is 63.8 Å². The zero-order valence-electron chi connectivity index (χ0n) is 31.3. The van der Waals surface area contributed by atoms with Gasteiger partial charge in [0.1, 0.15) is 0 Å². The van der Waals surface area contributed by atoms with Crippen molar-refractivity contribution in [2.75, 3.05) is 0 Å². The van der Waals surface area contributed by atoms with Gasteiger partial charge in [-0.25, -0.2) is 0 Å². The van der Waals surface area contributed by atoms with Gasteiger partial charge in [-0.15, -0.1) is 23.1 Å². The molecule has 0 spiro atoms. The van der Waals surface area contributed by atoms with Crippen LogP contribution in [-0.4, -0.2) is 14.4 Å². The van der Waals surface area contributed by atoms with Crippen LogP contribution < -0.4 is 0 Å². The Balaban J connectivity index is 0.822. The van der Waals surface area contributed by atoms with Gasteiger partial charge in [-0.3, -0.25) is 0 Å². The predicted octanol–water partition coefficient (Wildman–Crippen LogP) is 15.1. The van der Waals surface area contributed by atoms with Crippen LogP contribution in [0.3, 0.4) is 0 Å². The summed E-state index contributed by atoms with van der Waals surface area (Å²) in [7, 11) is 0. The van der Waals surface area contributed by atoms with Crippen LogP contribution in [-0.2, 0) is 0 Å². The third-order valence-corrected chi connectivity index (χ3v) is 15.0. The van der Waals surface area contributed by atoms with Crippen LogP contribution in [0.1, 0.15) is 22.7 Å². The maximum Gasteiger partial charge on any atom is 0.0548 e. The standard InChI is InChI=1S/C54H34N2S2/c1-5-13-43-39(9-1)51-45(29-31-49-53(51)41-11-3-7-15-47(41)57-49)55(43)37-25-21-35(22-26-37)33-17-19-34(20-18-33)36-23-27-38(28-24-36)56-44-14-6-2-10-40(44)52-46(56)30-32-50-54(52)42-12-4-8-16-48(42)58-50/h1-32,49,53H. The molecule has 3 aromatic heterocycles. The highest BCUT2D eigenvalue weighted by Crippen LogP contribution is 2.54. The van der Waals surface area contributed by atoms with Crippen molar-refractivity contribution in [1.29, 1.82) is 0 Å². The summed E-state index contributed by atoms with van der Waals surface area (Å²) < 4.78 is 7.57. The first-order valence-electron chi connectivity index (χ1n) is 20.0. The molecule has 0 fully saturated rings. The van der Waals surface area contributed by atoms with Crippen LogP contribution >= 0.6 is 23.1 Å². The quantitative estimate of drug-likeness (QED) is 0.173. The highest BCUT2D eigenvalue weighted by Gasteiger charge is 2.39. The molecule has 0 radical (unpaired) electrons. The fourth-order valence-electron chi connectivity index (χ4n) is 9.96. The van der Waals surface area contributed by atoms with Gasteiger partial charge in [-0.05, 0) is 100 Å². The van der Waals surface area contributed by atoms with Crippen LogP contribution in [0.15, 0.2) is 193 Å². The maximum atomic E-state index is 2.46. The second kappa shape index (κ2) is 12.5. The van der Waals surface area contributed by atoms with Gasteiger partial charge in [0.25, 0.3) is 0 Å². The number of hydrogen-bond donors (Lipinski definition) is 0. The van der Waals surface area contributed by atoms with E-state index < -0.39 is 0 Å². The van der Waals surface area contributed by atoms with E-state index in [9.17, 15) is 0 Å². The summed E-state index contributed by atoms with van der Waals surface area (Å²) in [6, 6.07) is 67.4. The molecule has 0 saturated carbocycles. The van der Waals surface area contributed by atoms with Crippen molar-refractivity contribution in [3.8, 4) is 33.6 Å². The fraction of sp³-hybridized carbons (Fsp3) is 0.0370. The number of thiophene rings is 1. The molecule has 13 rings (SSSR count). The molecule has 1 aliphatic carbocycles. The maximum absolute atomic E-state index is 2.46. The monoisotopic (exact) mass is 774 g/mol. The third kappa shape index (κ3) is 4.67. The summed E-state index contributed by atoms with van der Waals surface area (Å²) in [6.07, 6.45) is 4.78. The molecule has 4 heterocycles. The number of nitrogens with zero attached hydrogens (tertiary/aromatic N) is 2. The normalized spacial score (nSPS) is 15.8. The van der Waals surface area contributed by atoms with Crippen molar-refractivity contribution in [2.45, 2.75) is 16.1 Å². The van der Waals surface area contributed by atoms with Gasteiger partial charge < -0.3 is 9.13 Å². The molecule has 2 nitrogen and oxygen atoms in total. The van der Waals surface area contributed by atoms with E-state index in [1.165, 1.54) is 108 Å². The molecule has 2 aliphatic rings. The van der Waals surface area contributed by atoms with Crippen LogP contribution in [0.2, 0.25) is 0 Å². The number of thioether (sulfide) groups is 1. The van der Waals surface area contributed by atoms with E-state index in [-0.39, 0.29) is 0 Å². The Hall–Kier alpha value is -6.59. The Morgan fingerprint density at radius 2 is 0.983 bits per heavy atom. The number of benzene rings is 8. The van der Waals surface area contributed by atoms with E-state index in [2.05, 4.69) is 203 Å². The number of aromatic nitrogens is 2. The zero-order chi connectivity index (χ0) is 37.9. The summed E-state index contributed by atoms with van der Waals surface area (Å²) >= 11 is 3.88. The topological polar surface area (TPSA) is 9.86 Å². The van der Waals surface area contributed by atoms with E-state index >= 15 is 0 Å². The lowest BCUT2D eigenvalue weighted by Crippen LogP contribution is -2.14. The summed E-state index contributed by atoms with van der Waals surface area (Å²) in [4.78, 5) is 1.41. The molecule has 272 valence electrons. The summed E-state index contributed by atoms with van der Waals surface area (Å²) in [6.45, 7) is 0. The molecule has 0 saturated heterocycles. The second-order valence-electron chi connectivity index (χ2n) is 15.6. The Bertz CT molecular complexity index is 3470. The SMILES string of the molecule is C1=CC2Sc3ccccc3C2c2c1n(-c1ccc(-c3ccc(-c4ccc(-n5c6ccccc6c6c7c(ccc65)sc5ccccc57)cc4)cc3)cc1)c1ccccc21. The summed E-state index contributed by atoms with van der Waals surface area (Å²) in [5.41, 5.74) is 15.2. The molecule has 4 heteroatoms. The molecule has 11 aromatic rings. The van der Waals surface area contributed by atoms with E-state index in [1.807, 2.05) is 23.1 Å². The minimum absolute atomic E-state index is 0.369. The van der Waals surface area contributed by atoms with E-state index in [0.29, 0.717) is 11.2 Å². The van der Waals surface area contributed by atoms with Crippen molar-refractivity contribution in [2.24, 2.45) is 0 Å². The highest BCUT2D eigenvalue weighted by atomic mass is 32.2. The highest BCUT2D eigenvalue weighted by molar-refractivity contribution is 8.00. The van der Waals surface area contributed by atoms with Crippen molar-refractivity contribution in [1.82, 2.24) is 9.13 Å². The van der Waals surface area contributed by atoms with Crippen molar-refractivity contribution < 1.29 is 0 Å². The molecule has 2 unspecified atom stereocenters. The minimum atomic E-state index is 0.369. The summed E-state index contributed by atoms with van der Waals surface area (Å²) in [5, 5.41) is 7.12. The Kier molecular flexibility index (Phi) is 6.98. The van der Waals surface area contributed by atoms with Crippen molar-refractivity contribution >= 4 is 82.1 Å². The zero-order valence-corrected chi connectivity index (χ0v) is 33.0.